The van der Waals surface area contributed by atoms with E-state index in [1.807, 2.05) is 24.3 Å². The lowest BCUT2D eigenvalue weighted by Crippen LogP contribution is -2.40. The number of carbonyl (C=O) groups is 1. The number of para-hydroxylation sites is 1. The first-order valence-corrected chi connectivity index (χ1v) is 10.7. The minimum atomic E-state index is -3.71. The number of fused-ring (bicyclic) bond motifs is 3. The zero-order valence-corrected chi connectivity index (χ0v) is 16.2. The SMILES string of the molecule is O=CC(C(COCCO)OCCO)P1(=O)Oc2ccccc2-c2ccccc21. The number of hydrogen-bond acceptors (Lipinski definition) is 7. The molecule has 0 amide bonds. The third kappa shape index (κ3) is 4.04. The normalized spacial score (nSPS) is 19.8. The second kappa shape index (κ2) is 9.45. The van der Waals surface area contributed by atoms with Gasteiger partial charge in [-0.15, -0.1) is 0 Å². The van der Waals surface area contributed by atoms with Gasteiger partial charge in [0.1, 0.15) is 23.8 Å². The van der Waals surface area contributed by atoms with Crippen molar-refractivity contribution in [1.29, 1.82) is 0 Å². The molecular formula is C20H23O7P. The van der Waals surface area contributed by atoms with Gasteiger partial charge in [-0.1, -0.05) is 36.4 Å². The molecule has 0 fully saturated rings. The highest BCUT2D eigenvalue weighted by atomic mass is 31.2. The van der Waals surface area contributed by atoms with Gasteiger partial charge >= 0.3 is 0 Å². The molecular weight excluding hydrogens is 383 g/mol. The Morgan fingerprint density at radius 3 is 2.39 bits per heavy atom. The summed E-state index contributed by atoms with van der Waals surface area (Å²) < 4.78 is 30.9. The lowest BCUT2D eigenvalue weighted by molar-refractivity contribution is -0.112. The van der Waals surface area contributed by atoms with Gasteiger partial charge in [-0.3, -0.25) is 4.57 Å². The first kappa shape index (κ1) is 20.7. The fourth-order valence-corrected chi connectivity index (χ4v) is 5.85. The maximum Gasteiger partial charge on any atom is 0.290 e. The molecule has 3 rings (SSSR count). The van der Waals surface area contributed by atoms with E-state index in [0.717, 1.165) is 11.1 Å². The van der Waals surface area contributed by atoms with Gasteiger partial charge in [-0.25, -0.2) is 0 Å². The summed E-state index contributed by atoms with van der Waals surface area (Å²) in [6.07, 6.45) is -0.337. The van der Waals surface area contributed by atoms with Crippen molar-refractivity contribution in [3.8, 4) is 16.9 Å². The Hall–Kier alpha value is -2.02. The summed E-state index contributed by atoms with van der Waals surface area (Å²) in [6, 6.07) is 14.3. The van der Waals surface area contributed by atoms with Crippen molar-refractivity contribution < 1.29 is 33.6 Å². The summed E-state index contributed by atoms with van der Waals surface area (Å²) in [5.74, 6) is 0.438. The van der Waals surface area contributed by atoms with E-state index in [1.54, 1.807) is 24.3 Å². The third-order valence-corrected chi connectivity index (χ3v) is 7.27. The van der Waals surface area contributed by atoms with Gasteiger partial charge in [0.05, 0.1) is 38.3 Å². The molecule has 2 aromatic rings. The van der Waals surface area contributed by atoms with E-state index in [0.29, 0.717) is 17.3 Å². The number of aliphatic hydroxyl groups is 2. The largest absolute Gasteiger partial charge is 0.439 e. The predicted molar refractivity (Wildman–Crippen MR) is 104 cm³/mol. The molecule has 1 heterocycles. The van der Waals surface area contributed by atoms with Gasteiger partial charge in [0, 0.05) is 5.56 Å². The molecule has 28 heavy (non-hydrogen) atoms. The van der Waals surface area contributed by atoms with Gasteiger partial charge in [0.15, 0.2) is 0 Å². The number of ether oxygens (including phenoxy) is 2. The zero-order chi connectivity index (χ0) is 20.0. The van der Waals surface area contributed by atoms with Crippen molar-refractivity contribution in [1.82, 2.24) is 0 Å². The van der Waals surface area contributed by atoms with Crippen LogP contribution in [-0.4, -0.2) is 61.3 Å². The monoisotopic (exact) mass is 406 g/mol. The van der Waals surface area contributed by atoms with Gasteiger partial charge in [-0.2, -0.15) is 0 Å². The second-order valence-electron chi connectivity index (χ2n) is 6.26. The topological polar surface area (TPSA) is 102 Å². The number of carbonyl (C=O) groups excluding carboxylic acids is 1. The quantitative estimate of drug-likeness (QED) is 0.351. The van der Waals surface area contributed by atoms with E-state index in [9.17, 15) is 9.36 Å². The number of rotatable bonds is 10. The average Bonchev–Trinajstić information content (AvgIpc) is 2.72. The first-order valence-electron chi connectivity index (χ1n) is 9.00. The molecule has 0 saturated heterocycles. The third-order valence-electron chi connectivity index (χ3n) is 4.50. The van der Waals surface area contributed by atoms with E-state index in [1.165, 1.54) is 0 Å². The van der Waals surface area contributed by atoms with Gasteiger partial charge in [-0.05, 0) is 17.7 Å². The fraction of sp³-hybridized carbons (Fsp3) is 0.350. The molecule has 1 aliphatic rings. The molecule has 0 aliphatic carbocycles. The van der Waals surface area contributed by atoms with Crippen LogP contribution in [0.15, 0.2) is 48.5 Å². The molecule has 8 heteroatoms. The maximum atomic E-state index is 14.1. The molecule has 2 aromatic carbocycles. The summed E-state index contributed by atoms with van der Waals surface area (Å²) in [6.45, 7) is -0.512. The van der Waals surface area contributed by atoms with Crippen molar-refractivity contribution in [2.75, 3.05) is 33.0 Å². The minimum absolute atomic E-state index is 0.0459. The molecule has 0 radical (unpaired) electrons. The molecule has 0 bridgehead atoms. The average molecular weight is 406 g/mol. The van der Waals surface area contributed by atoms with Crippen LogP contribution < -0.4 is 9.83 Å². The number of benzene rings is 2. The molecule has 0 spiro atoms. The summed E-state index contributed by atoms with van der Waals surface area (Å²) in [7, 11) is -3.71. The van der Waals surface area contributed by atoms with Gasteiger partial charge in [0.25, 0.3) is 7.37 Å². The second-order valence-corrected chi connectivity index (χ2v) is 8.71. The highest BCUT2D eigenvalue weighted by Gasteiger charge is 2.47. The lowest BCUT2D eigenvalue weighted by Gasteiger charge is -2.34. The Balaban J connectivity index is 2.03. The minimum Gasteiger partial charge on any atom is -0.439 e. The van der Waals surface area contributed by atoms with Crippen LogP contribution in [0.25, 0.3) is 11.1 Å². The molecule has 2 N–H and O–H groups in total. The van der Waals surface area contributed by atoms with Crippen LogP contribution in [0.1, 0.15) is 0 Å². The number of aldehydes is 1. The zero-order valence-electron chi connectivity index (χ0n) is 15.3. The Morgan fingerprint density at radius 2 is 1.68 bits per heavy atom. The smallest absolute Gasteiger partial charge is 0.290 e. The van der Waals surface area contributed by atoms with Crippen LogP contribution in [0.5, 0.6) is 5.75 Å². The van der Waals surface area contributed by atoms with E-state index in [4.69, 9.17) is 24.2 Å². The van der Waals surface area contributed by atoms with Crippen LogP contribution in [0.4, 0.5) is 0 Å². The van der Waals surface area contributed by atoms with E-state index >= 15 is 0 Å². The van der Waals surface area contributed by atoms with E-state index in [-0.39, 0.29) is 33.0 Å². The van der Waals surface area contributed by atoms with Crippen LogP contribution in [0, 0.1) is 0 Å². The Labute approximate surface area is 163 Å². The summed E-state index contributed by atoms with van der Waals surface area (Å²) in [5.41, 5.74) is 0.419. The highest BCUT2D eigenvalue weighted by Crippen LogP contribution is 2.58. The molecule has 1 aliphatic heterocycles. The summed E-state index contributed by atoms with van der Waals surface area (Å²) >= 11 is 0. The van der Waals surface area contributed by atoms with Gasteiger partial charge in [0.2, 0.25) is 0 Å². The van der Waals surface area contributed by atoms with E-state index < -0.39 is 19.1 Å². The molecule has 0 aromatic heterocycles. The van der Waals surface area contributed by atoms with Gasteiger partial charge < -0.3 is 29.0 Å². The summed E-state index contributed by atoms with van der Waals surface area (Å²) in [5, 5.41) is 18.5. The maximum absolute atomic E-state index is 14.1. The van der Waals surface area contributed by atoms with Crippen LogP contribution in [-0.2, 0) is 18.8 Å². The molecule has 0 saturated carbocycles. The van der Waals surface area contributed by atoms with Crippen molar-refractivity contribution in [3.05, 3.63) is 48.5 Å². The molecule has 7 nitrogen and oxygen atoms in total. The van der Waals surface area contributed by atoms with Crippen molar-refractivity contribution >= 4 is 19.0 Å². The number of aliphatic hydroxyl groups excluding tert-OH is 2. The predicted octanol–water partition coefficient (Wildman–Crippen LogP) is 1.60. The van der Waals surface area contributed by atoms with Crippen LogP contribution >= 0.6 is 7.37 Å². The van der Waals surface area contributed by atoms with Crippen molar-refractivity contribution in [3.63, 3.8) is 0 Å². The summed E-state index contributed by atoms with van der Waals surface area (Å²) in [4.78, 5) is 12.1. The van der Waals surface area contributed by atoms with Crippen LogP contribution in [0.3, 0.4) is 0 Å². The standard InChI is InChI=1S/C20H23O7P/c21-9-11-25-14-18(26-12-10-22)20(13-23)28(24)19-8-4-2-6-16(19)15-5-1-3-7-17(15)27-28/h1-8,13,18,20-22H,9-12,14H2. The van der Waals surface area contributed by atoms with Crippen molar-refractivity contribution in [2.24, 2.45) is 0 Å². The fourth-order valence-electron chi connectivity index (χ4n) is 3.26. The van der Waals surface area contributed by atoms with E-state index in [2.05, 4.69) is 0 Å². The molecule has 150 valence electrons. The molecule has 3 atom stereocenters. The number of hydrogen-bond donors (Lipinski definition) is 2. The van der Waals surface area contributed by atoms with Crippen LogP contribution in [0.2, 0.25) is 0 Å². The Morgan fingerprint density at radius 1 is 1.00 bits per heavy atom. The molecule has 3 unspecified atom stereocenters. The Bertz CT molecular complexity index is 854. The Kier molecular flexibility index (Phi) is 6.99. The first-order chi connectivity index (χ1) is 13.7. The van der Waals surface area contributed by atoms with Crippen molar-refractivity contribution in [2.45, 2.75) is 11.8 Å². The highest BCUT2D eigenvalue weighted by molar-refractivity contribution is 7.69. The lowest BCUT2D eigenvalue weighted by atomic mass is 10.0.